The normalized spacial score (nSPS) is 15.8. The van der Waals surface area contributed by atoms with Crippen molar-refractivity contribution in [2.45, 2.75) is 31.3 Å². The maximum Gasteiger partial charge on any atom is 0.261 e. The maximum atomic E-state index is 12.7. The van der Waals surface area contributed by atoms with Crippen molar-refractivity contribution in [3.05, 3.63) is 47.5 Å². The van der Waals surface area contributed by atoms with E-state index in [9.17, 15) is 13.2 Å². The van der Waals surface area contributed by atoms with E-state index >= 15 is 0 Å². The molecular formula is C18H19ClN2O4S. The van der Waals surface area contributed by atoms with Gasteiger partial charge in [-0.3, -0.25) is 9.52 Å². The van der Waals surface area contributed by atoms with Gasteiger partial charge in [0.2, 0.25) is 5.91 Å². The van der Waals surface area contributed by atoms with Gasteiger partial charge in [-0.25, -0.2) is 8.42 Å². The first-order valence-corrected chi connectivity index (χ1v) is 9.83. The summed E-state index contributed by atoms with van der Waals surface area (Å²) in [7, 11) is -3.84. The molecule has 6 nitrogen and oxygen atoms in total. The molecule has 8 heteroatoms. The number of benzene rings is 2. The number of halogens is 1. The molecule has 1 aliphatic rings. The van der Waals surface area contributed by atoms with Crippen molar-refractivity contribution in [3.8, 4) is 5.75 Å². The molecule has 0 fully saturated rings. The predicted octanol–water partition coefficient (Wildman–Crippen LogP) is 3.66. The Hall–Kier alpha value is -2.25. The summed E-state index contributed by atoms with van der Waals surface area (Å²) in [6.45, 7) is 5.52. The van der Waals surface area contributed by atoms with Crippen LogP contribution in [0.4, 0.5) is 11.4 Å². The van der Waals surface area contributed by atoms with Gasteiger partial charge in [0, 0.05) is 11.9 Å². The molecule has 1 heterocycles. The summed E-state index contributed by atoms with van der Waals surface area (Å²) in [5, 5.41) is 0.425. The second kappa shape index (κ2) is 6.48. The van der Waals surface area contributed by atoms with Gasteiger partial charge in [-0.05, 0) is 50.2 Å². The number of nitrogens with zero attached hydrogens (tertiary/aromatic N) is 1. The molecule has 0 aromatic heterocycles. The number of sulfonamides is 1. The highest BCUT2D eigenvalue weighted by molar-refractivity contribution is 7.92. The fourth-order valence-corrected chi connectivity index (χ4v) is 4.06. The molecule has 138 valence electrons. The average molecular weight is 395 g/mol. The summed E-state index contributed by atoms with van der Waals surface area (Å²) < 4.78 is 33.8. The molecule has 0 saturated carbocycles. The quantitative estimate of drug-likeness (QED) is 0.861. The fraction of sp³-hybridized carbons (Fsp3) is 0.278. The van der Waals surface area contributed by atoms with Crippen molar-refractivity contribution < 1.29 is 17.9 Å². The standard InChI is InChI=1S/C18H19ClN2O4S/c1-12(22)21-11-18(2,3)25-17-8-7-15(10-16(17)21)26(23,24)20-14-6-4-5-13(19)9-14/h4-10,20H,11H2,1-3H3. The minimum absolute atomic E-state index is 0.0331. The van der Waals surface area contributed by atoms with Crippen LogP contribution in [-0.4, -0.2) is 26.5 Å². The van der Waals surface area contributed by atoms with Crippen molar-refractivity contribution in [2.75, 3.05) is 16.2 Å². The Kier molecular flexibility index (Phi) is 4.62. The smallest absolute Gasteiger partial charge is 0.261 e. The number of ether oxygens (including phenoxy) is 1. The Morgan fingerprint density at radius 1 is 1.23 bits per heavy atom. The summed E-state index contributed by atoms with van der Waals surface area (Å²) in [4.78, 5) is 13.6. The van der Waals surface area contributed by atoms with Crippen LogP contribution in [0.15, 0.2) is 47.4 Å². The molecule has 2 aromatic carbocycles. The fourth-order valence-electron chi connectivity index (χ4n) is 2.80. The van der Waals surface area contributed by atoms with E-state index in [1.165, 1.54) is 30.0 Å². The zero-order valence-corrected chi connectivity index (χ0v) is 16.2. The summed E-state index contributed by atoms with van der Waals surface area (Å²) in [5.74, 6) is 0.290. The van der Waals surface area contributed by atoms with E-state index in [-0.39, 0.29) is 10.8 Å². The minimum atomic E-state index is -3.84. The predicted molar refractivity (Wildman–Crippen MR) is 101 cm³/mol. The molecule has 0 atom stereocenters. The first-order chi connectivity index (χ1) is 12.1. The van der Waals surface area contributed by atoms with Gasteiger partial charge in [0.25, 0.3) is 10.0 Å². The van der Waals surface area contributed by atoms with E-state index in [4.69, 9.17) is 16.3 Å². The lowest BCUT2D eigenvalue weighted by atomic mass is 10.1. The number of fused-ring (bicyclic) bond motifs is 1. The van der Waals surface area contributed by atoms with Crippen molar-refractivity contribution in [2.24, 2.45) is 0 Å². The van der Waals surface area contributed by atoms with Crippen LogP contribution in [0.3, 0.4) is 0 Å². The zero-order valence-electron chi connectivity index (χ0n) is 14.6. The van der Waals surface area contributed by atoms with Gasteiger partial charge in [-0.2, -0.15) is 0 Å². The topological polar surface area (TPSA) is 75.7 Å². The molecule has 1 aliphatic heterocycles. The van der Waals surface area contributed by atoms with Gasteiger partial charge in [0.1, 0.15) is 11.4 Å². The number of hydrogen-bond donors (Lipinski definition) is 1. The first-order valence-electron chi connectivity index (χ1n) is 7.97. The maximum absolute atomic E-state index is 12.7. The number of rotatable bonds is 3. The number of hydrogen-bond acceptors (Lipinski definition) is 4. The Morgan fingerprint density at radius 3 is 2.62 bits per heavy atom. The third-order valence-electron chi connectivity index (χ3n) is 3.91. The first kappa shape index (κ1) is 18.5. The van der Waals surface area contributed by atoms with E-state index in [1.54, 1.807) is 24.3 Å². The van der Waals surface area contributed by atoms with Gasteiger partial charge in [-0.1, -0.05) is 17.7 Å². The largest absolute Gasteiger partial charge is 0.484 e. The summed E-state index contributed by atoms with van der Waals surface area (Å²) in [5.41, 5.74) is 0.236. The Bertz CT molecular complexity index is 973. The monoisotopic (exact) mass is 394 g/mol. The van der Waals surface area contributed by atoms with E-state index in [1.807, 2.05) is 13.8 Å². The number of nitrogens with one attached hydrogen (secondary N) is 1. The lowest BCUT2D eigenvalue weighted by Gasteiger charge is -2.39. The van der Waals surface area contributed by atoms with Crippen molar-refractivity contribution >= 4 is 38.9 Å². The van der Waals surface area contributed by atoms with Crippen molar-refractivity contribution in [1.29, 1.82) is 0 Å². The third kappa shape index (κ3) is 3.78. The molecule has 1 amide bonds. The van der Waals surface area contributed by atoms with Gasteiger partial charge >= 0.3 is 0 Å². The Labute approximate surface area is 157 Å². The Morgan fingerprint density at radius 2 is 1.96 bits per heavy atom. The van der Waals surface area contributed by atoms with Crippen LogP contribution < -0.4 is 14.4 Å². The molecule has 0 aliphatic carbocycles. The Balaban J connectivity index is 2.00. The zero-order chi connectivity index (χ0) is 19.1. The van der Waals surface area contributed by atoms with Crippen LogP contribution in [0.5, 0.6) is 5.75 Å². The molecule has 2 aromatic rings. The van der Waals surface area contributed by atoms with Crippen LogP contribution in [-0.2, 0) is 14.8 Å². The van der Waals surface area contributed by atoms with E-state index in [0.717, 1.165) is 0 Å². The van der Waals surface area contributed by atoms with Crippen LogP contribution in [0.25, 0.3) is 0 Å². The second-order valence-corrected chi connectivity index (χ2v) is 8.83. The van der Waals surface area contributed by atoms with Crippen molar-refractivity contribution in [1.82, 2.24) is 0 Å². The minimum Gasteiger partial charge on any atom is -0.484 e. The summed E-state index contributed by atoms with van der Waals surface area (Å²) in [6, 6.07) is 10.9. The number of carbonyl (C=O) groups excluding carboxylic acids is 1. The molecular weight excluding hydrogens is 376 g/mol. The molecule has 1 N–H and O–H groups in total. The number of carbonyl (C=O) groups is 1. The van der Waals surface area contributed by atoms with E-state index in [0.29, 0.717) is 28.7 Å². The van der Waals surface area contributed by atoms with Crippen LogP contribution >= 0.6 is 11.6 Å². The molecule has 26 heavy (non-hydrogen) atoms. The van der Waals surface area contributed by atoms with Crippen LogP contribution in [0.2, 0.25) is 5.02 Å². The third-order valence-corrected chi connectivity index (χ3v) is 5.53. The highest BCUT2D eigenvalue weighted by Crippen LogP contribution is 2.38. The van der Waals surface area contributed by atoms with Crippen LogP contribution in [0.1, 0.15) is 20.8 Å². The molecule has 3 rings (SSSR count). The molecule has 0 saturated heterocycles. The second-order valence-electron chi connectivity index (χ2n) is 6.71. The average Bonchev–Trinajstić information content (AvgIpc) is 2.52. The van der Waals surface area contributed by atoms with Gasteiger partial charge in [0.05, 0.1) is 22.8 Å². The molecule has 0 bridgehead atoms. The molecule has 0 spiro atoms. The van der Waals surface area contributed by atoms with Gasteiger partial charge in [-0.15, -0.1) is 0 Å². The number of anilines is 2. The highest BCUT2D eigenvalue weighted by atomic mass is 35.5. The van der Waals surface area contributed by atoms with E-state index in [2.05, 4.69) is 4.72 Å². The van der Waals surface area contributed by atoms with Gasteiger partial charge < -0.3 is 9.64 Å². The van der Waals surface area contributed by atoms with E-state index < -0.39 is 15.6 Å². The molecule has 0 radical (unpaired) electrons. The molecule has 0 unspecified atom stereocenters. The highest BCUT2D eigenvalue weighted by Gasteiger charge is 2.34. The SMILES string of the molecule is CC(=O)N1CC(C)(C)Oc2ccc(S(=O)(=O)Nc3cccc(Cl)c3)cc21. The van der Waals surface area contributed by atoms with Crippen molar-refractivity contribution in [3.63, 3.8) is 0 Å². The number of amides is 1. The van der Waals surface area contributed by atoms with Crippen LogP contribution in [0, 0.1) is 0 Å². The lowest BCUT2D eigenvalue weighted by Crippen LogP contribution is -2.48. The van der Waals surface area contributed by atoms with Gasteiger partial charge in [0.15, 0.2) is 0 Å². The lowest BCUT2D eigenvalue weighted by molar-refractivity contribution is -0.117. The summed E-state index contributed by atoms with van der Waals surface area (Å²) >= 11 is 5.90. The summed E-state index contributed by atoms with van der Waals surface area (Å²) in [6.07, 6.45) is 0.